The summed E-state index contributed by atoms with van der Waals surface area (Å²) in [5.41, 5.74) is 8.05. The first-order valence-electron chi connectivity index (χ1n) is 11.9. The van der Waals surface area contributed by atoms with E-state index in [0.29, 0.717) is 34.1 Å². The number of nitrogens with one attached hydrogen (secondary N) is 1. The van der Waals surface area contributed by atoms with Crippen molar-refractivity contribution in [3.8, 4) is 17.1 Å². The van der Waals surface area contributed by atoms with Gasteiger partial charge in [0.25, 0.3) is 5.91 Å². The molecule has 1 aliphatic carbocycles. The fourth-order valence-corrected chi connectivity index (χ4v) is 6.26. The zero-order valence-electron chi connectivity index (χ0n) is 20.3. The molecule has 2 amide bonds. The first-order valence-corrected chi connectivity index (χ1v) is 13.7. The van der Waals surface area contributed by atoms with E-state index in [4.69, 9.17) is 10.5 Å². The molecular weight excluding hydrogens is 482 g/mol. The highest BCUT2D eigenvalue weighted by Crippen LogP contribution is 2.39. The zero-order valence-corrected chi connectivity index (χ0v) is 21.9. The molecule has 1 unspecified atom stereocenters. The number of nitrogens with zero attached hydrogens (tertiary/aromatic N) is 3. The molecule has 8 nitrogen and oxygen atoms in total. The number of benzene rings is 1. The van der Waals surface area contributed by atoms with Gasteiger partial charge in [-0.15, -0.1) is 21.5 Å². The first-order chi connectivity index (χ1) is 16.9. The quantitative estimate of drug-likeness (QED) is 0.301. The Morgan fingerprint density at radius 1 is 1.29 bits per heavy atom. The third-order valence-electron chi connectivity index (χ3n) is 6.06. The number of primary amides is 1. The Balaban J connectivity index is 1.39. The van der Waals surface area contributed by atoms with Gasteiger partial charge in [0.2, 0.25) is 5.91 Å². The average Bonchev–Trinajstić information content (AvgIpc) is 3.37. The third kappa shape index (κ3) is 5.87. The molecule has 1 aliphatic rings. The highest BCUT2D eigenvalue weighted by Gasteiger charge is 2.27. The molecule has 0 bridgehead atoms. The summed E-state index contributed by atoms with van der Waals surface area (Å²) in [6, 6.07) is 7.77. The summed E-state index contributed by atoms with van der Waals surface area (Å²) >= 11 is 2.77. The minimum atomic E-state index is -0.486. The van der Waals surface area contributed by atoms with Crippen molar-refractivity contribution in [2.24, 2.45) is 18.7 Å². The van der Waals surface area contributed by atoms with Gasteiger partial charge in [0.05, 0.1) is 17.9 Å². The van der Waals surface area contributed by atoms with Gasteiger partial charge < -0.3 is 20.4 Å². The fraction of sp³-hybridized carbons (Fsp3) is 0.440. The van der Waals surface area contributed by atoms with Gasteiger partial charge in [-0.25, -0.2) is 0 Å². The lowest BCUT2D eigenvalue weighted by atomic mass is 9.88. The Bertz CT molecular complexity index is 1200. The van der Waals surface area contributed by atoms with Crippen LogP contribution in [0.5, 0.6) is 5.75 Å². The number of ether oxygens (including phenoxy) is 1. The molecule has 35 heavy (non-hydrogen) atoms. The zero-order chi connectivity index (χ0) is 24.9. The predicted octanol–water partition coefficient (Wildman–Crippen LogP) is 4.68. The molecule has 0 aliphatic heterocycles. The molecule has 4 rings (SSSR count). The lowest BCUT2D eigenvalue weighted by Gasteiger charge is -2.18. The van der Waals surface area contributed by atoms with Crippen LogP contribution in [0.15, 0.2) is 29.4 Å². The molecule has 0 saturated carbocycles. The number of carbonyl (C=O) groups excluding carboxylic acids is 2. The monoisotopic (exact) mass is 513 g/mol. The predicted molar refractivity (Wildman–Crippen MR) is 140 cm³/mol. The third-order valence-corrected chi connectivity index (χ3v) is 8.25. The number of fused-ring (bicyclic) bond motifs is 1. The Labute approximate surface area is 213 Å². The van der Waals surface area contributed by atoms with E-state index < -0.39 is 5.91 Å². The standard InChI is InChI=1S/C25H31N5O3S2/c1-4-5-12-33-17-9-7-16(8-10-17)23-28-29-25(30(23)3)34-14-20(31)27-24-21(22(26)32)18-11-6-15(2)13-19(18)35-24/h7-10,15H,4-6,11-14H2,1-3H3,(H2,26,32)(H,27,31). The van der Waals surface area contributed by atoms with Crippen molar-refractivity contribution in [3.63, 3.8) is 0 Å². The van der Waals surface area contributed by atoms with Crippen LogP contribution in [0, 0.1) is 5.92 Å². The molecule has 186 valence electrons. The Morgan fingerprint density at radius 2 is 2.06 bits per heavy atom. The second-order valence-electron chi connectivity index (χ2n) is 8.85. The molecule has 2 aromatic heterocycles. The van der Waals surface area contributed by atoms with Crippen molar-refractivity contribution in [2.45, 2.75) is 51.1 Å². The molecule has 1 aromatic carbocycles. The summed E-state index contributed by atoms with van der Waals surface area (Å²) in [5, 5.41) is 12.7. The molecule has 0 spiro atoms. The number of hydrogen-bond donors (Lipinski definition) is 2. The molecule has 0 radical (unpaired) electrons. The number of thioether (sulfide) groups is 1. The van der Waals surface area contributed by atoms with E-state index >= 15 is 0 Å². The van der Waals surface area contributed by atoms with Gasteiger partial charge in [-0.05, 0) is 61.4 Å². The summed E-state index contributed by atoms with van der Waals surface area (Å²) in [6.07, 6.45) is 4.88. The van der Waals surface area contributed by atoms with E-state index in [1.54, 1.807) is 0 Å². The number of thiophene rings is 1. The maximum Gasteiger partial charge on any atom is 0.251 e. The van der Waals surface area contributed by atoms with Crippen LogP contribution in [0.3, 0.4) is 0 Å². The van der Waals surface area contributed by atoms with E-state index in [2.05, 4.69) is 29.4 Å². The van der Waals surface area contributed by atoms with Gasteiger partial charge in [-0.1, -0.05) is 32.0 Å². The van der Waals surface area contributed by atoms with Crippen LogP contribution < -0.4 is 15.8 Å². The van der Waals surface area contributed by atoms with Gasteiger partial charge in [-0.3, -0.25) is 9.59 Å². The lowest BCUT2D eigenvalue weighted by Crippen LogP contribution is -2.20. The van der Waals surface area contributed by atoms with Gasteiger partial charge in [-0.2, -0.15) is 0 Å². The summed E-state index contributed by atoms with van der Waals surface area (Å²) in [5.74, 6) is 1.56. The van der Waals surface area contributed by atoms with Crippen LogP contribution >= 0.6 is 23.1 Å². The van der Waals surface area contributed by atoms with Crippen LogP contribution in [0.1, 0.15) is 53.9 Å². The van der Waals surface area contributed by atoms with Crippen LogP contribution in [-0.4, -0.2) is 38.9 Å². The second-order valence-corrected chi connectivity index (χ2v) is 10.9. The van der Waals surface area contributed by atoms with Gasteiger partial charge in [0, 0.05) is 17.5 Å². The SMILES string of the molecule is CCCCOc1ccc(-c2nnc(SCC(=O)Nc3sc4c(c3C(N)=O)CCC(C)C4)n2C)cc1. The van der Waals surface area contributed by atoms with E-state index in [-0.39, 0.29) is 11.7 Å². The summed E-state index contributed by atoms with van der Waals surface area (Å²) < 4.78 is 7.59. The van der Waals surface area contributed by atoms with Crippen LogP contribution in [0.2, 0.25) is 0 Å². The van der Waals surface area contributed by atoms with Crippen molar-refractivity contribution < 1.29 is 14.3 Å². The average molecular weight is 514 g/mol. The topological polar surface area (TPSA) is 112 Å². The number of carbonyl (C=O) groups is 2. The number of unbranched alkanes of at least 4 members (excludes halogenated alkanes) is 1. The van der Waals surface area contributed by atoms with Crippen molar-refractivity contribution in [1.82, 2.24) is 14.8 Å². The summed E-state index contributed by atoms with van der Waals surface area (Å²) in [7, 11) is 1.88. The summed E-state index contributed by atoms with van der Waals surface area (Å²) in [6.45, 7) is 5.04. The highest BCUT2D eigenvalue weighted by molar-refractivity contribution is 7.99. The molecule has 10 heteroatoms. The smallest absolute Gasteiger partial charge is 0.251 e. The Morgan fingerprint density at radius 3 is 2.77 bits per heavy atom. The first kappa shape index (κ1) is 25.2. The number of amides is 2. The maximum absolute atomic E-state index is 12.7. The highest BCUT2D eigenvalue weighted by atomic mass is 32.2. The number of rotatable bonds is 10. The van der Waals surface area contributed by atoms with Gasteiger partial charge in [0.1, 0.15) is 10.8 Å². The number of anilines is 1. The lowest BCUT2D eigenvalue weighted by molar-refractivity contribution is -0.113. The molecule has 0 saturated heterocycles. The van der Waals surface area contributed by atoms with Gasteiger partial charge in [0.15, 0.2) is 11.0 Å². The van der Waals surface area contributed by atoms with Crippen LogP contribution in [-0.2, 0) is 24.7 Å². The largest absolute Gasteiger partial charge is 0.494 e. The van der Waals surface area contributed by atoms with Crippen molar-refractivity contribution >= 4 is 39.9 Å². The summed E-state index contributed by atoms with van der Waals surface area (Å²) in [4.78, 5) is 26.0. The fourth-order valence-electron chi connectivity index (χ4n) is 4.12. The Hall–Kier alpha value is -2.85. The minimum Gasteiger partial charge on any atom is -0.494 e. The molecular formula is C25H31N5O3S2. The van der Waals surface area contributed by atoms with E-state index in [0.717, 1.165) is 53.9 Å². The molecule has 3 aromatic rings. The molecule has 3 N–H and O–H groups in total. The van der Waals surface area contributed by atoms with Crippen molar-refractivity contribution in [3.05, 3.63) is 40.3 Å². The van der Waals surface area contributed by atoms with Crippen LogP contribution in [0.25, 0.3) is 11.4 Å². The van der Waals surface area contributed by atoms with Crippen molar-refractivity contribution in [1.29, 1.82) is 0 Å². The van der Waals surface area contributed by atoms with Crippen molar-refractivity contribution in [2.75, 3.05) is 17.7 Å². The normalized spacial score (nSPS) is 15.0. The van der Waals surface area contributed by atoms with E-state index in [9.17, 15) is 9.59 Å². The molecule has 1 atom stereocenters. The number of aromatic nitrogens is 3. The number of hydrogen-bond acceptors (Lipinski definition) is 7. The van der Waals surface area contributed by atoms with Crippen LogP contribution in [0.4, 0.5) is 5.00 Å². The number of nitrogens with two attached hydrogens (primary N) is 1. The van der Waals surface area contributed by atoms with E-state index in [1.807, 2.05) is 35.9 Å². The Kier molecular flexibility index (Phi) is 8.12. The second kappa shape index (κ2) is 11.3. The maximum atomic E-state index is 12.7. The minimum absolute atomic E-state index is 0.146. The molecule has 2 heterocycles. The molecule has 0 fully saturated rings. The van der Waals surface area contributed by atoms with Gasteiger partial charge >= 0.3 is 0 Å². The van der Waals surface area contributed by atoms with E-state index in [1.165, 1.54) is 23.1 Å².